The first-order valence-electron chi connectivity index (χ1n) is 11.7. The van der Waals surface area contributed by atoms with Crippen LogP contribution in [0, 0.1) is 5.82 Å². The Morgan fingerprint density at radius 3 is 2.53 bits per heavy atom. The molecule has 2 aromatic carbocycles. The second-order valence-electron chi connectivity index (χ2n) is 8.58. The third-order valence-corrected chi connectivity index (χ3v) is 8.63. The lowest BCUT2D eigenvalue weighted by Crippen LogP contribution is -2.49. The maximum Gasteiger partial charge on any atom is 0.395 e. The summed E-state index contributed by atoms with van der Waals surface area (Å²) in [6.07, 6.45) is 3.06. The molecule has 5 rings (SSSR count). The molecule has 13 heteroatoms. The van der Waals surface area contributed by atoms with E-state index in [0.717, 1.165) is 6.42 Å². The van der Waals surface area contributed by atoms with Crippen molar-refractivity contribution >= 4 is 27.3 Å². The number of rotatable bonds is 10. The van der Waals surface area contributed by atoms with Crippen LogP contribution >= 0.6 is 11.3 Å². The van der Waals surface area contributed by atoms with E-state index in [0.29, 0.717) is 30.0 Å². The van der Waals surface area contributed by atoms with Gasteiger partial charge in [-0.1, -0.05) is 6.42 Å². The zero-order valence-electron chi connectivity index (χ0n) is 20.0. The van der Waals surface area contributed by atoms with Crippen LogP contribution in [0.1, 0.15) is 25.0 Å². The molecule has 0 saturated heterocycles. The largest absolute Gasteiger partial charge is 0.461 e. The molecule has 2 aliphatic rings. The van der Waals surface area contributed by atoms with Gasteiger partial charge in [-0.3, -0.25) is 0 Å². The fourth-order valence-corrected chi connectivity index (χ4v) is 6.47. The van der Waals surface area contributed by atoms with E-state index in [-0.39, 0.29) is 29.8 Å². The first-order chi connectivity index (χ1) is 18.4. The van der Waals surface area contributed by atoms with Crippen LogP contribution in [0.4, 0.5) is 4.39 Å². The van der Waals surface area contributed by atoms with Gasteiger partial charge in [-0.15, -0.1) is 16.8 Å². The van der Waals surface area contributed by atoms with Gasteiger partial charge in [0.1, 0.15) is 23.6 Å². The first kappa shape index (κ1) is 26.1. The Balaban J connectivity index is 1.35. The highest BCUT2D eigenvalue weighted by molar-refractivity contribution is 7.89. The lowest BCUT2D eigenvalue weighted by Gasteiger charge is -2.31. The molecule has 0 amide bonds. The van der Waals surface area contributed by atoms with E-state index < -0.39 is 28.1 Å². The predicted molar refractivity (Wildman–Crippen MR) is 134 cm³/mol. The van der Waals surface area contributed by atoms with Crippen LogP contribution in [-0.4, -0.2) is 42.6 Å². The standard InChI is InChI=1S/C25H24FN3O7S2/c26-17-4-6-19(7-5-17)35-20-8-10-21(11-9-20)38(31,32)29(12-18-14-37-15-27-18)23-3-1-2-22(23)28-36-25(30)24-13-33-16-34-24/h4-11,13-15,22-23,28H,1-3,12,16H2. The molecule has 200 valence electrons. The van der Waals surface area contributed by atoms with Crippen LogP contribution in [0.2, 0.25) is 0 Å². The minimum absolute atomic E-state index is 0.0541. The quantitative estimate of drug-likeness (QED) is 0.366. The second kappa shape index (κ2) is 11.5. The molecule has 2 unspecified atom stereocenters. The molecule has 1 aliphatic heterocycles. The van der Waals surface area contributed by atoms with Crippen molar-refractivity contribution in [3.63, 3.8) is 0 Å². The summed E-state index contributed by atoms with van der Waals surface area (Å²) in [7, 11) is -3.99. The van der Waals surface area contributed by atoms with E-state index in [2.05, 4.69) is 10.5 Å². The number of halogens is 1. The number of nitrogens with zero attached hydrogens (tertiary/aromatic N) is 2. The van der Waals surface area contributed by atoms with Gasteiger partial charge in [-0.05, 0) is 61.4 Å². The van der Waals surface area contributed by atoms with Gasteiger partial charge >= 0.3 is 5.97 Å². The van der Waals surface area contributed by atoms with Crippen molar-refractivity contribution in [1.29, 1.82) is 0 Å². The summed E-state index contributed by atoms with van der Waals surface area (Å²) >= 11 is 1.37. The van der Waals surface area contributed by atoms with E-state index in [9.17, 15) is 17.6 Å². The zero-order valence-corrected chi connectivity index (χ0v) is 21.6. The topological polar surface area (TPSA) is 116 Å². The van der Waals surface area contributed by atoms with Gasteiger partial charge in [-0.2, -0.15) is 4.31 Å². The molecule has 0 radical (unpaired) electrons. The summed E-state index contributed by atoms with van der Waals surface area (Å²) in [5.74, 6) is -0.375. The van der Waals surface area contributed by atoms with Crippen LogP contribution in [-0.2, 0) is 35.7 Å². The summed E-state index contributed by atoms with van der Waals surface area (Å²) in [6.45, 7) is -0.0115. The average molecular weight is 562 g/mol. The van der Waals surface area contributed by atoms with Crippen LogP contribution in [0.3, 0.4) is 0 Å². The highest BCUT2D eigenvalue weighted by Gasteiger charge is 2.40. The number of aromatic nitrogens is 1. The molecular formula is C25H24FN3O7S2. The van der Waals surface area contributed by atoms with Crippen LogP contribution < -0.4 is 10.2 Å². The number of hydrogen-bond acceptors (Lipinski definition) is 10. The van der Waals surface area contributed by atoms with Crippen molar-refractivity contribution in [2.24, 2.45) is 0 Å². The van der Waals surface area contributed by atoms with E-state index in [1.165, 1.54) is 58.3 Å². The lowest BCUT2D eigenvalue weighted by atomic mass is 10.2. The van der Waals surface area contributed by atoms with Crippen LogP contribution in [0.25, 0.3) is 0 Å². The number of nitrogens with one attached hydrogen (secondary N) is 1. The monoisotopic (exact) mass is 561 g/mol. The molecule has 2 heterocycles. The molecule has 1 saturated carbocycles. The van der Waals surface area contributed by atoms with Gasteiger partial charge in [-0.25, -0.2) is 22.6 Å². The van der Waals surface area contributed by atoms with Gasteiger partial charge in [0.05, 0.1) is 28.7 Å². The number of benzene rings is 2. The second-order valence-corrected chi connectivity index (χ2v) is 11.2. The van der Waals surface area contributed by atoms with Gasteiger partial charge in [0, 0.05) is 11.4 Å². The number of sulfonamides is 1. The van der Waals surface area contributed by atoms with Gasteiger partial charge < -0.3 is 19.0 Å². The normalized spacial score (nSPS) is 19.1. The summed E-state index contributed by atoms with van der Waals surface area (Å²) in [5, 5.41) is 1.80. The van der Waals surface area contributed by atoms with Crippen molar-refractivity contribution in [3.8, 4) is 11.5 Å². The Kier molecular flexibility index (Phi) is 7.88. The molecule has 1 aromatic heterocycles. The smallest absolute Gasteiger partial charge is 0.395 e. The Labute approximate surface area is 222 Å². The number of hydroxylamine groups is 1. The fourth-order valence-electron chi connectivity index (χ4n) is 4.26. The van der Waals surface area contributed by atoms with E-state index in [4.69, 9.17) is 19.0 Å². The Bertz CT molecular complexity index is 1380. The Morgan fingerprint density at radius 2 is 1.87 bits per heavy atom. The molecule has 0 bridgehead atoms. The van der Waals surface area contributed by atoms with E-state index in [1.807, 2.05) is 0 Å². The van der Waals surface area contributed by atoms with Crippen LogP contribution in [0.15, 0.2) is 76.3 Å². The van der Waals surface area contributed by atoms with Crippen molar-refractivity contribution in [1.82, 2.24) is 14.8 Å². The van der Waals surface area contributed by atoms with E-state index in [1.54, 1.807) is 23.0 Å². The SMILES string of the molecule is O=C(ONC1CCCC1N(Cc1cscn1)S(=O)(=O)c1ccc(Oc2ccc(F)cc2)cc1)C1=COCO1. The molecule has 38 heavy (non-hydrogen) atoms. The minimum atomic E-state index is -3.99. The molecule has 10 nitrogen and oxygen atoms in total. The Hall–Kier alpha value is -3.52. The Morgan fingerprint density at radius 1 is 1.13 bits per heavy atom. The maximum atomic E-state index is 13.9. The van der Waals surface area contributed by atoms with Crippen molar-refractivity contribution < 1.29 is 36.7 Å². The first-order valence-corrected chi connectivity index (χ1v) is 14.1. The predicted octanol–water partition coefficient (Wildman–Crippen LogP) is 4.08. The fraction of sp³-hybridized carbons (Fsp3) is 0.280. The van der Waals surface area contributed by atoms with Gasteiger partial charge in [0.2, 0.25) is 22.6 Å². The summed E-state index contributed by atoms with van der Waals surface area (Å²) in [5.41, 5.74) is 4.99. The van der Waals surface area contributed by atoms with Gasteiger partial charge in [0.15, 0.2) is 0 Å². The molecular weight excluding hydrogens is 537 g/mol. The van der Waals surface area contributed by atoms with E-state index >= 15 is 0 Å². The number of ether oxygens (including phenoxy) is 3. The van der Waals surface area contributed by atoms with Crippen LogP contribution in [0.5, 0.6) is 11.5 Å². The number of hydrogen-bond donors (Lipinski definition) is 1. The molecule has 1 fully saturated rings. The molecule has 1 N–H and O–H groups in total. The average Bonchev–Trinajstić information content (AvgIpc) is 3.71. The minimum Gasteiger partial charge on any atom is -0.461 e. The molecule has 3 aromatic rings. The summed E-state index contributed by atoms with van der Waals surface area (Å²) in [4.78, 5) is 21.7. The van der Waals surface area contributed by atoms with Crippen molar-refractivity contribution in [3.05, 3.63) is 83.0 Å². The molecule has 0 spiro atoms. The summed E-state index contributed by atoms with van der Waals surface area (Å²) in [6, 6.07) is 10.6. The lowest BCUT2D eigenvalue weighted by molar-refractivity contribution is -0.152. The summed E-state index contributed by atoms with van der Waals surface area (Å²) < 4.78 is 57.9. The third kappa shape index (κ3) is 5.96. The number of carbonyl (C=O) groups excluding carboxylic acids is 1. The highest BCUT2D eigenvalue weighted by atomic mass is 32.2. The number of thiazole rings is 1. The molecule has 2 atom stereocenters. The molecule has 1 aliphatic carbocycles. The number of carbonyl (C=O) groups is 1. The third-order valence-electron chi connectivity index (χ3n) is 6.11. The van der Waals surface area contributed by atoms with Crippen molar-refractivity contribution in [2.75, 3.05) is 6.79 Å². The highest BCUT2D eigenvalue weighted by Crippen LogP contribution is 2.32. The van der Waals surface area contributed by atoms with Crippen molar-refractivity contribution in [2.45, 2.75) is 42.8 Å². The maximum absolute atomic E-state index is 13.9. The van der Waals surface area contributed by atoms with Gasteiger partial charge in [0.25, 0.3) is 0 Å². The zero-order chi connectivity index (χ0) is 26.5.